The summed E-state index contributed by atoms with van der Waals surface area (Å²) in [5.74, 6) is 0.749. The predicted molar refractivity (Wildman–Crippen MR) is 298 cm³/mol. The topological polar surface area (TPSA) is 38.9 Å². The molecule has 0 bridgehead atoms. The Morgan fingerprint density at radius 3 is 1.24 bits per heavy atom. The lowest BCUT2D eigenvalue weighted by atomic mass is 9.62. The number of rotatable bonds is 7. The summed E-state index contributed by atoms with van der Waals surface area (Å²) in [5.41, 5.74) is 19.5. The van der Waals surface area contributed by atoms with Gasteiger partial charge in [-0.1, -0.05) is 164 Å². The van der Waals surface area contributed by atoms with Gasteiger partial charge in [0.2, 0.25) is 0 Å². The third kappa shape index (κ3) is 6.20. The minimum absolute atomic E-state index is 0.749. The molecule has 13 aromatic rings. The molecule has 0 saturated carbocycles. The third-order valence-electron chi connectivity index (χ3n) is 15.0. The van der Waals surface area contributed by atoms with Crippen LogP contribution in [0.1, 0.15) is 33.6 Å². The predicted octanol–water partition coefficient (Wildman–Crippen LogP) is 16.8. The lowest BCUT2D eigenvalue weighted by molar-refractivity contribution is 0.733. The molecule has 14 rings (SSSR count). The van der Waals surface area contributed by atoms with Crippen molar-refractivity contribution in [1.29, 1.82) is 0 Å². The van der Waals surface area contributed by atoms with Crippen molar-refractivity contribution in [2.45, 2.75) is 19.3 Å². The average Bonchev–Trinajstić information content (AvgIpc) is 3.96. The molecule has 10 aromatic carbocycles. The molecule has 5 heteroatoms. The van der Waals surface area contributed by atoms with Crippen LogP contribution in [0.15, 0.2) is 249 Å². The van der Waals surface area contributed by atoms with E-state index in [-0.39, 0.29) is 0 Å². The Balaban J connectivity index is 1.02. The summed E-state index contributed by atoms with van der Waals surface area (Å²) < 4.78 is 4.82. The van der Waals surface area contributed by atoms with Gasteiger partial charge in [0.25, 0.3) is 0 Å². The molecule has 0 N–H and O–H groups in total. The van der Waals surface area contributed by atoms with Gasteiger partial charge in [0.05, 0.1) is 50.2 Å². The molecule has 3 aromatic heterocycles. The van der Waals surface area contributed by atoms with Crippen LogP contribution < -0.4 is 4.90 Å². The fraction of sp³-hybridized carbons (Fsp3) is 0.0448. The highest BCUT2D eigenvalue weighted by molar-refractivity contribution is 6.11. The summed E-state index contributed by atoms with van der Waals surface area (Å²) in [4.78, 5) is 12.4. The first-order valence-corrected chi connectivity index (χ1v) is 24.7. The first-order chi connectivity index (χ1) is 35.6. The number of nitrogens with zero attached hydrogens (tertiary/aromatic N) is 5. The maximum absolute atomic E-state index is 5.02. The second-order valence-corrected chi connectivity index (χ2v) is 19.0. The Morgan fingerprint density at radius 2 is 0.736 bits per heavy atom. The van der Waals surface area contributed by atoms with Crippen LogP contribution >= 0.6 is 0 Å². The van der Waals surface area contributed by atoms with E-state index >= 15 is 0 Å². The second-order valence-electron chi connectivity index (χ2n) is 19.0. The number of fused-ring (bicyclic) bond motifs is 8. The molecule has 5 nitrogen and oxygen atoms in total. The molecule has 0 fully saturated rings. The molecule has 0 saturated heterocycles. The van der Waals surface area contributed by atoms with Crippen LogP contribution in [-0.4, -0.2) is 19.1 Å². The molecular formula is C67H47N5. The SMILES string of the molecule is Cc1nc(-c2ccccc2)c(C)c(-c2ccc(N3c4ccccc4C(c4ccc5c(c4)c4ccccc4n5-c4ccccc4)(c4ccc5c(c4)c4ccccc4n5-c4ccccc4)c4ccccc43)cc2)n1. The van der Waals surface area contributed by atoms with E-state index in [2.05, 4.69) is 264 Å². The largest absolute Gasteiger partial charge is 0.310 e. The van der Waals surface area contributed by atoms with E-state index in [1.807, 2.05) is 13.0 Å². The maximum Gasteiger partial charge on any atom is 0.126 e. The van der Waals surface area contributed by atoms with E-state index in [1.54, 1.807) is 0 Å². The van der Waals surface area contributed by atoms with Crippen molar-refractivity contribution in [3.8, 4) is 33.9 Å². The van der Waals surface area contributed by atoms with E-state index in [0.29, 0.717) is 0 Å². The molecule has 0 atom stereocenters. The first kappa shape index (κ1) is 41.6. The Hall–Kier alpha value is -9.32. The maximum atomic E-state index is 5.02. The van der Waals surface area contributed by atoms with E-state index in [0.717, 1.165) is 62.3 Å². The Kier molecular flexibility index (Phi) is 9.48. The average molecular weight is 922 g/mol. The van der Waals surface area contributed by atoms with E-state index in [4.69, 9.17) is 9.97 Å². The second kappa shape index (κ2) is 16.4. The van der Waals surface area contributed by atoms with Crippen LogP contribution in [0.3, 0.4) is 0 Å². The standard InChI is InChI=1S/C67H47N5/c1-44-65(46-20-6-3-7-21-46)68-45(2)69-66(44)47-34-38-52(39-35-47)72-63-32-18-14-28-57(63)67(58-29-15-19-33-64(58)72,48-36-40-61-55(42-48)53-26-12-16-30-59(53)70(61)50-22-8-4-9-23-50)49-37-41-62-56(43-49)54-27-13-17-31-60(54)71(62)51-24-10-5-11-25-51/h3-43H,1-2H3. The summed E-state index contributed by atoms with van der Waals surface area (Å²) in [6.07, 6.45) is 0. The molecule has 72 heavy (non-hydrogen) atoms. The number of aryl methyl sites for hydroxylation is 1. The fourth-order valence-corrected chi connectivity index (χ4v) is 12.0. The molecule has 0 unspecified atom stereocenters. The summed E-state index contributed by atoms with van der Waals surface area (Å²) in [5, 5.41) is 4.87. The highest BCUT2D eigenvalue weighted by Crippen LogP contribution is 2.58. The Morgan fingerprint density at radius 1 is 0.333 bits per heavy atom. The van der Waals surface area contributed by atoms with Crippen molar-refractivity contribution in [2.75, 3.05) is 4.90 Å². The van der Waals surface area contributed by atoms with Crippen LogP contribution in [0.25, 0.3) is 77.5 Å². The van der Waals surface area contributed by atoms with Crippen LogP contribution in [0.2, 0.25) is 0 Å². The van der Waals surface area contributed by atoms with Crippen LogP contribution in [0.4, 0.5) is 17.1 Å². The number of aromatic nitrogens is 4. The smallest absolute Gasteiger partial charge is 0.126 e. The summed E-state index contributed by atoms with van der Waals surface area (Å²) >= 11 is 0. The minimum atomic E-state index is -0.749. The molecule has 340 valence electrons. The van der Waals surface area contributed by atoms with Gasteiger partial charge in [-0.2, -0.15) is 0 Å². The number of anilines is 3. The zero-order valence-electron chi connectivity index (χ0n) is 39.9. The fourth-order valence-electron chi connectivity index (χ4n) is 12.0. The lowest BCUT2D eigenvalue weighted by Crippen LogP contribution is -2.37. The number of hydrogen-bond donors (Lipinski definition) is 0. The quantitative estimate of drug-likeness (QED) is 0.160. The van der Waals surface area contributed by atoms with Crippen molar-refractivity contribution < 1.29 is 0 Å². The zero-order valence-corrected chi connectivity index (χ0v) is 39.9. The molecule has 0 radical (unpaired) electrons. The van der Waals surface area contributed by atoms with Gasteiger partial charge in [-0.3, -0.25) is 0 Å². The highest BCUT2D eigenvalue weighted by Gasteiger charge is 2.47. The van der Waals surface area contributed by atoms with Crippen molar-refractivity contribution in [3.05, 3.63) is 282 Å². The van der Waals surface area contributed by atoms with Crippen molar-refractivity contribution in [3.63, 3.8) is 0 Å². The molecule has 4 heterocycles. The molecule has 0 spiro atoms. The molecule has 1 aliphatic heterocycles. The molecule has 0 amide bonds. The summed E-state index contributed by atoms with van der Waals surface area (Å²) in [6.45, 7) is 4.12. The first-order valence-electron chi connectivity index (χ1n) is 24.7. The zero-order chi connectivity index (χ0) is 47.9. The Bertz CT molecular complexity index is 4020. The van der Waals surface area contributed by atoms with Crippen molar-refractivity contribution in [2.24, 2.45) is 0 Å². The van der Waals surface area contributed by atoms with Gasteiger partial charge in [-0.15, -0.1) is 0 Å². The van der Waals surface area contributed by atoms with Crippen molar-refractivity contribution >= 4 is 60.7 Å². The van der Waals surface area contributed by atoms with E-state index < -0.39 is 5.41 Å². The Labute approximate surface area is 418 Å². The van der Waals surface area contributed by atoms with Crippen LogP contribution in [0, 0.1) is 13.8 Å². The van der Waals surface area contributed by atoms with E-state index in [9.17, 15) is 0 Å². The van der Waals surface area contributed by atoms with Gasteiger partial charge in [0.15, 0.2) is 0 Å². The van der Waals surface area contributed by atoms with Crippen LogP contribution in [-0.2, 0) is 5.41 Å². The molecule has 1 aliphatic rings. The number of para-hydroxylation sites is 6. The highest BCUT2D eigenvalue weighted by atomic mass is 15.2. The lowest BCUT2D eigenvalue weighted by Gasteiger charge is -2.46. The van der Waals surface area contributed by atoms with Gasteiger partial charge in [-0.25, -0.2) is 9.97 Å². The van der Waals surface area contributed by atoms with Crippen LogP contribution in [0.5, 0.6) is 0 Å². The van der Waals surface area contributed by atoms with Gasteiger partial charge in [0.1, 0.15) is 5.82 Å². The summed E-state index contributed by atoms with van der Waals surface area (Å²) in [6, 6.07) is 91.1. The molecular weight excluding hydrogens is 875 g/mol. The van der Waals surface area contributed by atoms with Gasteiger partial charge >= 0.3 is 0 Å². The monoisotopic (exact) mass is 921 g/mol. The summed E-state index contributed by atoms with van der Waals surface area (Å²) in [7, 11) is 0. The normalized spacial score (nSPS) is 12.9. The van der Waals surface area contributed by atoms with E-state index in [1.165, 1.54) is 65.9 Å². The van der Waals surface area contributed by atoms with Gasteiger partial charge < -0.3 is 14.0 Å². The minimum Gasteiger partial charge on any atom is -0.310 e. The van der Waals surface area contributed by atoms with Gasteiger partial charge in [0, 0.05) is 55.3 Å². The number of hydrogen-bond acceptors (Lipinski definition) is 3. The molecule has 0 aliphatic carbocycles. The number of benzene rings is 10. The van der Waals surface area contributed by atoms with Crippen molar-refractivity contribution in [1.82, 2.24) is 19.1 Å². The van der Waals surface area contributed by atoms with Gasteiger partial charge in [-0.05, 0) is 121 Å². The third-order valence-corrected chi connectivity index (χ3v) is 15.0.